The molecule has 1 aliphatic heterocycles. The molecule has 0 saturated carbocycles. The number of aldehydes is 1. The van der Waals surface area contributed by atoms with Gasteiger partial charge in [-0.3, -0.25) is 9.59 Å². The number of aryl methyl sites for hydroxylation is 1. The van der Waals surface area contributed by atoms with E-state index in [0.29, 0.717) is 29.9 Å². The molecule has 5 heteroatoms. The van der Waals surface area contributed by atoms with Crippen molar-refractivity contribution in [2.45, 2.75) is 31.3 Å². The molecule has 1 heterocycles. The lowest BCUT2D eigenvalue weighted by Crippen LogP contribution is -2.34. The Labute approximate surface area is 128 Å². The Morgan fingerprint density at radius 3 is 3.05 bits per heavy atom. The topological polar surface area (TPSA) is 61.8 Å². The van der Waals surface area contributed by atoms with Gasteiger partial charge in [0.05, 0.1) is 12.7 Å². The largest absolute Gasteiger partial charge is 0.496 e. The fraction of sp³-hybridized carbons (Fsp3) is 0.412. The average molecular weight is 302 g/mol. The molecule has 0 unspecified atom stereocenters. The molecule has 0 N–H and O–H groups in total. The maximum Gasteiger partial charge on any atom is 0.189 e. The number of hydrogen-bond acceptors (Lipinski definition) is 5. The second kappa shape index (κ2) is 5.93. The molecule has 0 amide bonds. The molecular weight excluding hydrogens is 284 g/mol. The normalized spacial score (nSPS) is 23.5. The SMILES string of the molecule is COc1ccc(CC[C@]23CCC(=O)C=C2OCO3)cc1C=O. The molecule has 0 radical (unpaired) electrons. The van der Waals surface area contributed by atoms with E-state index in [9.17, 15) is 9.59 Å². The van der Waals surface area contributed by atoms with Gasteiger partial charge in [-0.05, 0) is 37.0 Å². The zero-order valence-corrected chi connectivity index (χ0v) is 12.5. The minimum atomic E-state index is -0.491. The Bertz CT molecular complexity index is 634. The highest BCUT2D eigenvalue weighted by molar-refractivity contribution is 5.91. The summed E-state index contributed by atoms with van der Waals surface area (Å²) in [5, 5.41) is 0. The predicted molar refractivity (Wildman–Crippen MR) is 78.8 cm³/mol. The Morgan fingerprint density at radius 2 is 2.27 bits per heavy atom. The predicted octanol–water partition coefficient (Wildman–Crippen LogP) is 2.43. The maximum atomic E-state index is 11.5. The Morgan fingerprint density at radius 1 is 1.41 bits per heavy atom. The van der Waals surface area contributed by atoms with Crippen molar-refractivity contribution in [2.75, 3.05) is 13.9 Å². The lowest BCUT2D eigenvalue weighted by molar-refractivity contribution is -0.117. The van der Waals surface area contributed by atoms with Gasteiger partial charge in [-0.2, -0.15) is 0 Å². The molecule has 1 saturated heterocycles. The van der Waals surface area contributed by atoms with Crippen molar-refractivity contribution in [1.29, 1.82) is 0 Å². The molecule has 1 aliphatic carbocycles. The summed E-state index contributed by atoms with van der Waals surface area (Å²) in [5.74, 6) is 1.30. The first-order valence-corrected chi connectivity index (χ1v) is 7.31. The lowest BCUT2D eigenvalue weighted by Gasteiger charge is -2.29. The summed E-state index contributed by atoms with van der Waals surface area (Å²) in [6.07, 6.45) is 4.93. The van der Waals surface area contributed by atoms with Crippen LogP contribution in [0.3, 0.4) is 0 Å². The van der Waals surface area contributed by atoms with Gasteiger partial charge in [0.2, 0.25) is 0 Å². The van der Waals surface area contributed by atoms with Crippen molar-refractivity contribution in [3.63, 3.8) is 0 Å². The number of methoxy groups -OCH3 is 1. The van der Waals surface area contributed by atoms with Crippen molar-refractivity contribution >= 4 is 12.1 Å². The molecule has 1 aromatic carbocycles. The lowest BCUT2D eigenvalue weighted by atomic mass is 9.83. The summed E-state index contributed by atoms with van der Waals surface area (Å²) in [6, 6.07) is 5.56. The molecule has 0 aromatic heterocycles. The van der Waals surface area contributed by atoms with Gasteiger partial charge in [-0.1, -0.05) is 6.07 Å². The quantitative estimate of drug-likeness (QED) is 0.782. The number of ketones is 1. The van der Waals surface area contributed by atoms with Crippen LogP contribution < -0.4 is 4.74 Å². The number of benzene rings is 1. The molecule has 22 heavy (non-hydrogen) atoms. The summed E-state index contributed by atoms with van der Waals surface area (Å²) in [7, 11) is 1.54. The molecule has 116 valence electrons. The van der Waals surface area contributed by atoms with E-state index in [0.717, 1.165) is 24.7 Å². The highest BCUT2D eigenvalue weighted by atomic mass is 16.7. The molecule has 1 aromatic rings. The van der Waals surface area contributed by atoms with Crippen LogP contribution in [0.2, 0.25) is 0 Å². The van der Waals surface area contributed by atoms with Crippen molar-refractivity contribution in [3.8, 4) is 5.75 Å². The van der Waals surface area contributed by atoms with Crippen LogP contribution in [0.25, 0.3) is 0 Å². The van der Waals surface area contributed by atoms with Gasteiger partial charge in [-0.25, -0.2) is 0 Å². The van der Waals surface area contributed by atoms with Crippen LogP contribution in [0.1, 0.15) is 35.2 Å². The summed E-state index contributed by atoms with van der Waals surface area (Å²) in [5.41, 5.74) is 1.08. The second-order valence-corrected chi connectivity index (χ2v) is 5.57. The molecule has 1 fully saturated rings. The van der Waals surface area contributed by atoms with E-state index in [1.807, 2.05) is 12.1 Å². The summed E-state index contributed by atoms with van der Waals surface area (Å²) in [6.45, 7) is 0.196. The third-order valence-corrected chi connectivity index (χ3v) is 4.30. The molecule has 3 rings (SSSR count). The molecule has 0 bridgehead atoms. The number of carbonyl (C=O) groups is 2. The van der Waals surface area contributed by atoms with Gasteiger partial charge in [-0.15, -0.1) is 0 Å². The minimum Gasteiger partial charge on any atom is -0.496 e. The van der Waals surface area contributed by atoms with Crippen molar-refractivity contribution in [2.24, 2.45) is 0 Å². The first kappa shape index (κ1) is 14.8. The number of fused-ring (bicyclic) bond motifs is 1. The summed E-state index contributed by atoms with van der Waals surface area (Å²) >= 11 is 0. The standard InChI is InChI=1S/C17H18O5/c1-20-15-3-2-12(8-13(15)10-18)4-6-17-7-5-14(19)9-16(17)21-11-22-17/h2-3,8-10H,4-7,11H2,1H3/t17-/m0/s1. The van der Waals surface area contributed by atoms with Crippen LogP contribution >= 0.6 is 0 Å². The maximum absolute atomic E-state index is 11.5. The van der Waals surface area contributed by atoms with E-state index in [2.05, 4.69) is 0 Å². The van der Waals surface area contributed by atoms with Crippen molar-refractivity contribution in [3.05, 3.63) is 41.2 Å². The molecular formula is C17H18O5. The average Bonchev–Trinajstić information content (AvgIpc) is 2.96. The first-order chi connectivity index (χ1) is 10.7. The Kier molecular flexibility index (Phi) is 3.98. The molecule has 2 aliphatic rings. The molecule has 0 spiro atoms. The van der Waals surface area contributed by atoms with Crippen LogP contribution in [0.15, 0.2) is 30.0 Å². The van der Waals surface area contributed by atoms with Gasteiger partial charge in [0.15, 0.2) is 18.9 Å². The van der Waals surface area contributed by atoms with E-state index >= 15 is 0 Å². The fourth-order valence-electron chi connectivity index (χ4n) is 3.02. The first-order valence-electron chi connectivity index (χ1n) is 7.31. The van der Waals surface area contributed by atoms with E-state index in [1.54, 1.807) is 19.3 Å². The zero-order chi connectivity index (χ0) is 15.6. The van der Waals surface area contributed by atoms with Crippen LogP contribution in [-0.2, 0) is 20.7 Å². The third-order valence-electron chi connectivity index (χ3n) is 4.30. The van der Waals surface area contributed by atoms with E-state index in [1.165, 1.54) is 0 Å². The van der Waals surface area contributed by atoms with Crippen molar-refractivity contribution in [1.82, 2.24) is 0 Å². The molecule has 5 nitrogen and oxygen atoms in total. The van der Waals surface area contributed by atoms with Crippen LogP contribution in [0, 0.1) is 0 Å². The van der Waals surface area contributed by atoms with E-state index < -0.39 is 5.60 Å². The van der Waals surface area contributed by atoms with Crippen LogP contribution in [0.4, 0.5) is 0 Å². The van der Waals surface area contributed by atoms with Gasteiger partial charge in [0.1, 0.15) is 17.1 Å². The highest BCUT2D eigenvalue weighted by Gasteiger charge is 2.44. The Balaban J connectivity index is 1.76. The Hall–Kier alpha value is -2.14. The summed E-state index contributed by atoms with van der Waals surface area (Å²) < 4.78 is 16.4. The van der Waals surface area contributed by atoms with Gasteiger partial charge < -0.3 is 14.2 Å². The van der Waals surface area contributed by atoms with Gasteiger partial charge in [0, 0.05) is 12.5 Å². The highest BCUT2D eigenvalue weighted by Crippen LogP contribution is 2.40. The van der Waals surface area contributed by atoms with E-state index in [-0.39, 0.29) is 12.6 Å². The van der Waals surface area contributed by atoms with Crippen molar-refractivity contribution < 1.29 is 23.8 Å². The van der Waals surface area contributed by atoms with Crippen LogP contribution in [0.5, 0.6) is 5.75 Å². The van der Waals surface area contributed by atoms with E-state index in [4.69, 9.17) is 14.2 Å². The zero-order valence-electron chi connectivity index (χ0n) is 12.5. The van der Waals surface area contributed by atoms with Gasteiger partial charge in [0.25, 0.3) is 0 Å². The smallest absolute Gasteiger partial charge is 0.189 e. The number of rotatable bonds is 5. The second-order valence-electron chi connectivity index (χ2n) is 5.57. The fourth-order valence-corrected chi connectivity index (χ4v) is 3.02. The van der Waals surface area contributed by atoms with Crippen LogP contribution in [-0.4, -0.2) is 31.6 Å². The number of ether oxygens (including phenoxy) is 3. The minimum absolute atomic E-state index is 0.0869. The third kappa shape index (κ3) is 2.64. The monoisotopic (exact) mass is 302 g/mol. The summed E-state index contributed by atoms with van der Waals surface area (Å²) in [4.78, 5) is 22.6. The molecule has 1 atom stereocenters. The van der Waals surface area contributed by atoms with Gasteiger partial charge >= 0.3 is 0 Å². The number of allylic oxidation sites excluding steroid dienone is 1. The number of carbonyl (C=O) groups excluding carboxylic acids is 2. The number of hydrogen-bond donors (Lipinski definition) is 0.